The predicted octanol–water partition coefficient (Wildman–Crippen LogP) is 2.12. The van der Waals surface area contributed by atoms with Crippen LogP contribution in [0.5, 0.6) is 0 Å². The molecule has 110 valence electrons. The number of nitrogens with zero attached hydrogens (tertiary/aromatic N) is 1. The molecule has 1 aromatic heterocycles. The minimum Gasteiger partial charge on any atom is -0.481 e. The first-order valence-corrected chi connectivity index (χ1v) is 7.45. The van der Waals surface area contributed by atoms with Crippen LogP contribution in [0.3, 0.4) is 0 Å². The maximum Gasteiger partial charge on any atom is 0.308 e. The van der Waals surface area contributed by atoms with E-state index in [1.807, 2.05) is 31.2 Å². The molecule has 0 aliphatic carbocycles. The zero-order valence-corrected chi connectivity index (χ0v) is 12.4. The Labute approximate surface area is 126 Å². The molecule has 2 rings (SSSR count). The van der Waals surface area contributed by atoms with Crippen molar-refractivity contribution in [2.24, 2.45) is 5.92 Å². The Morgan fingerprint density at radius 2 is 2.05 bits per heavy atom. The summed E-state index contributed by atoms with van der Waals surface area (Å²) in [6.07, 6.45) is 0.382. The van der Waals surface area contributed by atoms with Gasteiger partial charge in [-0.15, -0.1) is 11.3 Å². The number of thiazole rings is 1. The maximum absolute atomic E-state index is 11.8. The molecule has 6 heteroatoms. The molecule has 0 spiro atoms. The Morgan fingerprint density at radius 3 is 2.62 bits per heavy atom. The van der Waals surface area contributed by atoms with Crippen molar-refractivity contribution in [3.8, 4) is 0 Å². The first-order valence-electron chi connectivity index (χ1n) is 6.51. The van der Waals surface area contributed by atoms with Gasteiger partial charge in [-0.25, -0.2) is 4.98 Å². The van der Waals surface area contributed by atoms with E-state index in [1.54, 1.807) is 10.9 Å². The lowest BCUT2D eigenvalue weighted by Crippen LogP contribution is -2.34. The van der Waals surface area contributed by atoms with Crippen molar-refractivity contribution in [3.05, 3.63) is 52.0 Å². The second-order valence-electron chi connectivity index (χ2n) is 4.81. The fraction of sp³-hybridized carbons (Fsp3) is 0.267. The fourth-order valence-corrected chi connectivity index (χ4v) is 2.42. The molecule has 1 heterocycles. The predicted molar refractivity (Wildman–Crippen MR) is 80.5 cm³/mol. The normalized spacial score (nSPS) is 11.9. The molecule has 1 atom stereocenters. The summed E-state index contributed by atoms with van der Waals surface area (Å²) in [5, 5.41) is 13.5. The van der Waals surface area contributed by atoms with Gasteiger partial charge in [0.15, 0.2) is 0 Å². The number of carbonyl (C=O) groups excluding carboxylic acids is 1. The molecule has 0 aliphatic heterocycles. The van der Waals surface area contributed by atoms with E-state index in [0.717, 1.165) is 11.1 Å². The van der Waals surface area contributed by atoms with E-state index in [-0.39, 0.29) is 12.5 Å². The van der Waals surface area contributed by atoms with Gasteiger partial charge < -0.3 is 10.4 Å². The lowest BCUT2D eigenvalue weighted by atomic mass is 9.98. The Kier molecular flexibility index (Phi) is 5.05. The molecule has 0 saturated heterocycles. The first-order chi connectivity index (χ1) is 10.1. The van der Waals surface area contributed by atoms with E-state index in [4.69, 9.17) is 0 Å². The van der Waals surface area contributed by atoms with Crippen molar-refractivity contribution in [3.63, 3.8) is 0 Å². The number of benzene rings is 1. The molecular weight excluding hydrogens is 288 g/mol. The van der Waals surface area contributed by atoms with Crippen LogP contribution < -0.4 is 5.32 Å². The number of carboxylic acid groups (broad SMARTS) is 1. The summed E-state index contributed by atoms with van der Waals surface area (Å²) >= 11 is 1.32. The van der Waals surface area contributed by atoms with E-state index in [0.29, 0.717) is 12.1 Å². The van der Waals surface area contributed by atoms with Crippen LogP contribution in [0.15, 0.2) is 35.2 Å². The van der Waals surface area contributed by atoms with Gasteiger partial charge in [-0.2, -0.15) is 0 Å². The molecule has 0 unspecified atom stereocenters. The maximum atomic E-state index is 11.8. The number of aromatic nitrogens is 1. The van der Waals surface area contributed by atoms with Gasteiger partial charge in [0, 0.05) is 11.9 Å². The molecule has 5 nitrogen and oxygen atoms in total. The van der Waals surface area contributed by atoms with Crippen molar-refractivity contribution in [1.82, 2.24) is 10.3 Å². The fourth-order valence-electron chi connectivity index (χ4n) is 1.89. The van der Waals surface area contributed by atoms with Crippen LogP contribution in [0.1, 0.15) is 21.6 Å². The minimum atomic E-state index is -0.922. The van der Waals surface area contributed by atoms with Gasteiger partial charge in [-0.05, 0) is 18.9 Å². The Morgan fingerprint density at radius 1 is 1.33 bits per heavy atom. The number of nitrogens with one attached hydrogen (secondary N) is 1. The second kappa shape index (κ2) is 6.99. The molecular formula is C15H16N2O3S. The van der Waals surface area contributed by atoms with Crippen LogP contribution >= 0.6 is 11.3 Å². The third kappa shape index (κ3) is 4.39. The average Bonchev–Trinajstić information content (AvgIpc) is 2.99. The average molecular weight is 304 g/mol. The van der Waals surface area contributed by atoms with Gasteiger partial charge in [-0.1, -0.05) is 29.8 Å². The number of carboxylic acids is 1. The SMILES string of the molecule is Cc1ccc(C[C@H](CNC(=O)c2cscn2)C(=O)O)cc1. The van der Waals surface area contributed by atoms with E-state index >= 15 is 0 Å². The monoisotopic (exact) mass is 304 g/mol. The van der Waals surface area contributed by atoms with Crippen LogP contribution in [0.25, 0.3) is 0 Å². The molecule has 1 aromatic carbocycles. The number of aryl methyl sites for hydroxylation is 1. The van der Waals surface area contributed by atoms with Gasteiger partial charge in [0.25, 0.3) is 5.91 Å². The summed E-state index contributed by atoms with van der Waals surface area (Å²) < 4.78 is 0. The van der Waals surface area contributed by atoms with Crippen molar-refractivity contribution in [2.75, 3.05) is 6.54 Å². The van der Waals surface area contributed by atoms with E-state index in [2.05, 4.69) is 10.3 Å². The van der Waals surface area contributed by atoms with Crippen LogP contribution in [0.4, 0.5) is 0 Å². The largest absolute Gasteiger partial charge is 0.481 e. The highest BCUT2D eigenvalue weighted by Gasteiger charge is 2.19. The first kappa shape index (κ1) is 15.2. The number of hydrogen-bond donors (Lipinski definition) is 2. The zero-order chi connectivity index (χ0) is 15.2. The second-order valence-corrected chi connectivity index (χ2v) is 5.53. The lowest BCUT2D eigenvalue weighted by molar-refractivity contribution is -0.141. The molecule has 0 aliphatic rings. The third-order valence-electron chi connectivity index (χ3n) is 3.13. The quantitative estimate of drug-likeness (QED) is 0.857. The summed E-state index contributed by atoms with van der Waals surface area (Å²) in [4.78, 5) is 27.0. The summed E-state index contributed by atoms with van der Waals surface area (Å²) in [6, 6.07) is 7.71. The highest BCUT2D eigenvalue weighted by atomic mass is 32.1. The topological polar surface area (TPSA) is 79.3 Å². The Bertz CT molecular complexity index is 608. The minimum absolute atomic E-state index is 0.0829. The molecule has 0 saturated carbocycles. The van der Waals surface area contributed by atoms with Crippen LogP contribution in [0, 0.1) is 12.8 Å². The molecule has 0 radical (unpaired) electrons. The van der Waals surface area contributed by atoms with Crippen molar-refractivity contribution in [2.45, 2.75) is 13.3 Å². The van der Waals surface area contributed by atoms with Crippen molar-refractivity contribution >= 4 is 23.2 Å². The van der Waals surface area contributed by atoms with Crippen molar-refractivity contribution in [1.29, 1.82) is 0 Å². The Hall–Kier alpha value is -2.21. The van der Waals surface area contributed by atoms with Gasteiger partial charge in [0.2, 0.25) is 0 Å². The van der Waals surface area contributed by atoms with E-state index < -0.39 is 11.9 Å². The number of carbonyl (C=O) groups is 2. The van der Waals surface area contributed by atoms with E-state index in [1.165, 1.54) is 11.3 Å². The van der Waals surface area contributed by atoms with Crippen LogP contribution in [-0.2, 0) is 11.2 Å². The Balaban J connectivity index is 1.94. The van der Waals surface area contributed by atoms with Crippen LogP contribution in [-0.4, -0.2) is 28.5 Å². The summed E-state index contributed by atoms with van der Waals surface area (Å²) in [7, 11) is 0. The zero-order valence-electron chi connectivity index (χ0n) is 11.6. The third-order valence-corrected chi connectivity index (χ3v) is 3.71. The smallest absolute Gasteiger partial charge is 0.308 e. The molecule has 2 aromatic rings. The number of hydrogen-bond acceptors (Lipinski definition) is 4. The highest BCUT2D eigenvalue weighted by Crippen LogP contribution is 2.11. The number of rotatable bonds is 6. The standard InChI is InChI=1S/C15H16N2O3S/c1-10-2-4-11(5-3-10)6-12(15(19)20)7-16-14(18)13-8-21-9-17-13/h2-5,8-9,12H,6-7H2,1H3,(H,16,18)(H,19,20)/t12-/m1/s1. The number of amides is 1. The molecule has 0 bridgehead atoms. The van der Waals surface area contributed by atoms with Gasteiger partial charge in [-0.3, -0.25) is 9.59 Å². The molecule has 21 heavy (non-hydrogen) atoms. The molecule has 0 fully saturated rings. The van der Waals surface area contributed by atoms with Crippen LogP contribution in [0.2, 0.25) is 0 Å². The van der Waals surface area contributed by atoms with Gasteiger partial charge in [0.1, 0.15) is 5.69 Å². The highest BCUT2D eigenvalue weighted by molar-refractivity contribution is 7.07. The lowest BCUT2D eigenvalue weighted by Gasteiger charge is -2.13. The summed E-state index contributed by atoms with van der Waals surface area (Å²) in [5.74, 6) is -1.92. The van der Waals surface area contributed by atoms with Crippen molar-refractivity contribution < 1.29 is 14.7 Å². The summed E-state index contributed by atoms with van der Waals surface area (Å²) in [5.41, 5.74) is 3.95. The summed E-state index contributed by atoms with van der Waals surface area (Å²) in [6.45, 7) is 2.06. The molecule has 1 amide bonds. The van der Waals surface area contributed by atoms with Gasteiger partial charge >= 0.3 is 5.97 Å². The van der Waals surface area contributed by atoms with Gasteiger partial charge in [0.05, 0.1) is 11.4 Å². The number of aliphatic carboxylic acids is 1. The van der Waals surface area contributed by atoms with E-state index in [9.17, 15) is 14.7 Å². The molecule has 2 N–H and O–H groups in total.